The van der Waals surface area contributed by atoms with Crippen molar-refractivity contribution in [2.45, 2.75) is 19.4 Å². The molecule has 0 bridgehead atoms. The van der Waals surface area contributed by atoms with Crippen molar-refractivity contribution in [3.63, 3.8) is 0 Å². The maximum Gasteiger partial charge on any atom is 0.246 e. The first-order chi connectivity index (χ1) is 12.5. The molecule has 3 rings (SSSR count). The molecule has 0 aliphatic carbocycles. The summed E-state index contributed by atoms with van der Waals surface area (Å²) in [4.78, 5) is 15.6. The molecular weight excluding hydrogens is 352 g/mol. The van der Waals surface area contributed by atoms with E-state index in [4.69, 9.17) is 4.74 Å². The molecule has 2 fully saturated rings. The summed E-state index contributed by atoms with van der Waals surface area (Å²) in [7, 11) is -2.84. The Morgan fingerprint density at radius 3 is 2.54 bits per heavy atom. The van der Waals surface area contributed by atoms with Crippen LogP contribution in [-0.4, -0.2) is 69.6 Å². The van der Waals surface area contributed by atoms with Gasteiger partial charge in [0.25, 0.3) is 0 Å². The maximum absolute atomic E-state index is 12.4. The minimum atomic E-state index is -2.84. The second-order valence-electron chi connectivity index (χ2n) is 6.92. The number of sulfone groups is 1. The second kappa shape index (κ2) is 8.22. The van der Waals surface area contributed by atoms with Gasteiger partial charge in [0, 0.05) is 12.5 Å². The Balaban J connectivity index is 1.49. The molecule has 7 heteroatoms. The molecule has 2 aliphatic heterocycles. The third-order valence-corrected chi connectivity index (χ3v) is 6.90. The number of quaternary nitrogens is 1. The zero-order valence-corrected chi connectivity index (χ0v) is 16.0. The Morgan fingerprint density at radius 2 is 1.96 bits per heavy atom. The molecule has 142 valence electrons. The molecule has 1 amide bonds. The quantitative estimate of drug-likeness (QED) is 0.732. The lowest BCUT2D eigenvalue weighted by Crippen LogP contribution is -3.18. The topological polar surface area (TPSA) is 68.1 Å². The Bertz CT molecular complexity index is 750. The summed E-state index contributed by atoms with van der Waals surface area (Å²) in [5.41, 5.74) is 0.960. The molecule has 1 aromatic carbocycles. The van der Waals surface area contributed by atoms with E-state index in [0.717, 1.165) is 30.8 Å². The van der Waals surface area contributed by atoms with Crippen LogP contribution in [0.2, 0.25) is 0 Å². The van der Waals surface area contributed by atoms with Crippen LogP contribution in [0.5, 0.6) is 5.75 Å². The minimum Gasteiger partial charge on any atom is -0.494 e. The molecule has 2 aliphatic rings. The Hall–Kier alpha value is -1.86. The number of carbonyl (C=O) groups is 1. The molecule has 0 spiro atoms. The van der Waals surface area contributed by atoms with Crippen molar-refractivity contribution in [2.24, 2.45) is 0 Å². The van der Waals surface area contributed by atoms with Gasteiger partial charge in [-0.15, -0.1) is 0 Å². The van der Waals surface area contributed by atoms with Crippen LogP contribution in [-0.2, 0) is 14.6 Å². The van der Waals surface area contributed by atoms with Crippen LogP contribution in [0, 0.1) is 0 Å². The first kappa shape index (κ1) is 18.9. The van der Waals surface area contributed by atoms with E-state index in [2.05, 4.69) is 0 Å². The molecule has 1 aromatic rings. The number of benzene rings is 1. The van der Waals surface area contributed by atoms with Gasteiger partial charge in [0.1, 0.15) is 17.5 Å². The maximum atomic E-state index is 12.4. The third kappa shape index (κ3) is 4.86. The lowest BCUT2D eigenvalue weighted by molar-refractivity contribution is -0.925. The molecular formula is C19H27N2O4S+. The highest BCUT2D eigenvalue weighted by Crippen LogP contribution is 2.13. The van der Waals surface area contributed by atoms with E-state index < -0.39 is 9.84 Å². The van der Waals surface area contributed by atoms with Crippen LogP contribution in [0.1, 0.15) is 18.9 Å². The summed E-state index contributed by atoms with van der Waals surface area (Å²) >= 11 is 0. The minimum absolute atomic E-state index is 0.0111. The summed E-state index contributed by atoms with van der Waals surface area (Å²) in [6, 6.07) is 7.85. The largest absolute Gasteiger partial charge is 0.494 e. The van der Waals surface area contributed by atoms with Crippen LogP contribution in [0.3, 0.4) is 0 Å². The van der Waals surface area contributed by atoms with Gasteiger partial charge in [-0.1, -0.05) is 12.1 Å². The smallest absolute Gasteiger partial charge is 0.246 e. The predicted octanol–water partition coefficient (Wildman–Crippen LogP) is 0.0127. The summed E-state index contributed by atoms with van der Waals surface area (Å²) in [6.07, 6.45) is 4.19. The molecule has 2 saturated heterocycles. The van der Waals surface area contributed by atoms with Crippen molar-refractivity contribution in [1.82, 2.24) is 4.90 Å². The van der Waals surface area contributed by atoms with Crippen molar-refractivity contribution in [1.29, 1.82) is 0 Å². The fourth-order valence-corrected chi connectivity index (χ4v) is 5.48. The molecule has 26 heavy (non-hydrogen) atoms. The summed E-state index contributed by atoms with van der Waals surface area (Å²) in [6.45, 7) is 5.58. The van der Waals surface area contributed by atoms with Crippen LogP contribution in [0.15, 0.2) is 30.3 Å². The van der Waals surface area contributed by atoms with Crippen LogP contribution >= 0.6 is 0 Å². The fraction of sp³-hybridized carbons (Fsp3) is 0.526. The predicted molar refractivity (Wildman–Crippen MR) is 101 cm³/mol. The molecule has 6 nitrogen and oxygen atoms in total. The molecule has 2 heterocycles. The van der Waals surface area contributed by atoms with E-state index in [9.17, 15) is 13.2 Å². The van der Waals surface area contributed by atoms with Crippen molar-refractivity contribution in [3.8, 4) is 5.75 Å². The van der Waals surface area contributed by atoms with E-state index in [1.807, 2.05) is 42.2 Å². The molecule has 0 saturated carbocycles. The highest BCUT2D eigenvalue weighted by molar-refractivity contribution is 7.91. The van der Waals surface area contributed by atoms with Gasteiger partial charge >= 0.3 is 0 Å². The number of ether oxygens (including phenoxy) is 1. The van der Waals surface area contributed by atoms with Gasteiger partial charge < -0.3 is 14.5 Å². The standard InChI is InChI=1S/C19H26N2O4S/c1-2-25-18-6-3-16(4-7-18)5-8-19(22)21-12-10-20(11-13-21)17-9-14-26(23,24)15-17/h3-8,17H,2,9-15H2,1H3/p+1/b8-5+/t17-/m0/s1. The van der Waals surface area contributed by atoms with Gasteiger partial charge in [-0.2, -0.15) is 0 Å². The van der Waals surface area contributed by atoms with Gasteiger partial charge in [0.05, 0.1) is 38.5 Å². The summed E-state index contributed by atoms with van der Waals surface area (Å²) < 4.78 is 28.7. The number of hydrogen-bond acceptors (Lipinski definition) is 4. The van der Waals surface area contributed by atoms with E-state index in [1.54, 1.807) is 6.08 Å². The number of nitrogens with one attached hydrogen (secondary N) is 1. The Labute approximate surface area is 155 Å². The molecule has 0 radical (unpaired) electrons. The molecule has 0 unspecified atom stereocenters. The van der Waals surface area contributed by atoms with Gasteiger partial charge in [-0.05, 0) is 30.7 Å². The SMILES string of the molecule is CCOc1ccc(/C=C/C(=O)N2CC[NH+]([C@H]3CCS(=O)(=O)C3)CC2)cc1. The van der Waals surface area contributed by atoms with Crippen molar-refractivity contribution < 1.29 is 22.8 Å². The average molecular weight is 380 g/mol. The second-order valence-corrected chi connectivity index (χ2v) is 9.15. The van der Waals surface area contributed by atoms with Crippen molar-refractivity contribution in [3.05, 3.63) is 35.9 Å². The number of nitrogens with zero attached hydrogens (tertiary/aromatic N) is 1. The first-order valence-corrected chi connectivity index (χ1v) is 11.0. The van der Waals surface area contributed by atoms with Crippen molar-refractivity contribution >= 4 is 21.8 Å². The number of rotatable bonds is 5. The molecule has 1 N–H and O–H groups in total. The number of amides is 1. The third-order valence-electron chi connectivity index (χ3n) is 5.14. The van der Waals surface area contributed by atoms with E-state index in [0.29, 0.717) is 31.2 Å². The molecule has 0 aromatic heterocycles. The van der Waals surface area contributed by atoms with Gasteiger partial charge in [0.15, 0.2) is 9.84 Å². The summed E-state index contributed by atoms with van der Waals surface area (Å²) in [5, 5.41) is 0. The molecule has 1 atom stereocenters. The summed E-state index contributed by atoms with van der Waals surface area (Å²) in [5.74, 6) is 1.45. The van der Waals surface area contributed by atoms with E-state index in [-0.39, 0.29) is 11.9 Å². The normalized spacial score (nSPS) is 23.4. The van der Waals surface area contributed by atoms with E-state index >= 15 is 0 Å². The zero-order chi connectivity index (χ0) is 18.6. The number of carbonyl (C=O) groups excluding carboxylic acids is 1. The van der Waals surface area contributed by atoms with E-state index in [1.165, 1.54) is 4.90 Å². The van der Waals surface area contributed by atoms with Gasteiger partial charge in [-0.3, -0.25) is 4.79 Å². The Morgan fingerprint density at radius 1 is 1.27 bits per heavy atom. The monoisotopic (exact) mass is 379 g/mol. The van der Waals surface area contributed by atoms with Crippen LogP contribution in [0.4, 0.5) is 0 Å². The fourth-order valence-electron chi connectivity index (χ4n) is 3.65. The van der Waals surface area contributed by atoms with Crippen molar-refractivity contribution in [2.75, 3.05) is 44.3 Å². The van der Waals surface area contributed by atoms with Gasteiger partial charge in [-0.25, -0.2) is 8.42 Å². The number of piperazine rings is 1. The highest BCUT2D eigenvalue weighted by atomic mass is 32.2. The van der Waals surface area contributed by atoms with Crippen LogP contribution < -0.4 is 9.64 Å². The Kier molecular flexibility index (Phi) is 5.98. The highest BCUT2D eigenvalue weighted by Gasteiger charge is 2.37. The zero-order valence-electron chi connectivity index (χ0n) is 15.2. The first-order valence-electron chi connectivity index (χ1n) is 9.22. The lowest BCUT2D eigenvalue weighted by atomic mass is 10.1. The number of hydrogen-bond donors (Lipinski definition) is 1. The van der Waals surface area contributed by atoms with Crippen LogP contribution in [0.25, 0.3) is 6.08 Å². The average Bonchev–Trinajstić information content (AvgIpc) is 3.01. The van der Waals surface area contributed by atoms with Gasteiger partial charge in [0.2, 0.25) is 5.91 Å². The lowest BCUT2D eigenvalue weighted by Gasteiger charge is -2.34.